The van der Waals surface area contributed by atoms with Crippen LogP contribution in [0.15, 0.2) is 17.0 Å². The fraction of sp³-hybridized carbons (Fsp3) is 0.222. The Morgan fingerprint density at radius 3 is 2.61 bits per heavy atom. The Labute approximate surface area is 108 Å². The van der Waals surface area contributed by atoms with Gasteiger partial charge in [0.05, 0.1) is 15.5 Å². The van der Waals surface area contributed by atoms with Crippen LogP contribution in [0.1, 0.15) is 10.4 Å². The molecule has 18 heavy (non-hydrogen) atoms. The molecule has 0 saturated heterocycles. The van der Waals surface area contributed by atoms with Gasteiger partial charge in [-0.2, -0.15) is 0 Å². The summed E-state index contributed by atoms with van der Waals surface area (Å²) in [7, 11) is -4.01. The van der Waals surface area contributed by atoms with Crippen LogP contribution in [0, 0.1) is 5.82 Å². The van der Waals surface area contributed by atoms with Gasteiger partial charge in [-0.1, -0.05) is 11.6 Å². The van der Waals surface area contributed by atoms with Crippen LogP contribution in [0.4, 0.5) is 4.39 Å². The average Bonchev–Trinajstić information content (AvgIpc) is 2.29. The molecule has 1 rings (SSSR count). The Morgan fingerprint density at radius 2 is 2.11 bits per heavy atom. The molecule has 0 saturated carbocycles. The summed E-state index contributed by atoms with van der Waals surface area (Å²) < 4.78 is 38.7. The van der Waals surface area contributed by atoms with Crippen molar-refractivity contribution in [2.24, 2.45) is 5.73 Å². The van der Waals surface area contributed by atoms with E-state index < -0.39 is 37.3 Å². The molecule has 100 valence electrons. The van der Waals surface area contributed by atoms with E-state index in [4.69, 9.17) is 22.4 Å². The number of nitrogens with one attached hydrogen (secondary N) is 1. The van der Waals surface area contributed by atoms with Gasteiger partial charge in [0.2, 0.25) is 10.0 Å². The first-order chi connectivity index (χ1) is 8.29. The number of carbonyl (C=O) groups is 1. The maximum atomic E-state index is 13.3. The summed E-state index contributed by atoms with van der Waals surface area (Å²) in [5, 5.41) is 8.13. The van der Waals surface area contributed by atoms with Gasteiger partial charge in [0, 0.05) is 13.1 Å². The second-order valence-electron chi connectivity index (χ2n) is 3.26. The standard InChI is InChI=1S/C9H10ClFN2O4S/c10-8-6(9(14)15)3-5(4-7(8)11)18(16,17)13-2-1-12/h3-4,13H,1-2,12H2,(H,14,15). The number of rotatable bonds is 5. The number of nitrogens with two attached hydrogens (primary N) is 1. The normalized spacial score (nSPS) is 11.5. The largest absolute Gasteiger partial charge is 0.478 e. The summed E-state index contributed by atoms with van der Waals surface area (Å²) in [6.07, 6.45) is 0. The summed E-state index contributed by atoms with van der Waals surface area (Å²) in [6, 6.07) is 1.43. The Bertz CT molecular complexity index is 576. The first kappa shape index (κ1) is 14.8. The predicted octanol–water partition coefficient (Wildman–Crippen LogP) is 0.414. The molecule has 4 N–H and O–H groups in total. The molecule has 0 radical (unpaired) electrons. The zero-order valence-electron chi connectivity index (χ0n) is 8.98. The SMILES string of the molecule is NCCNS(=O)(=O)c1cc(F)c(Cl)c(C(=O)O)c1. The Balaban J connectivity index is 3.31. The molecule has 1 aromatic carbocycles. The van der Waals surface area contributed by atoms with Gasteiger partial charge in [0.15, 0.2) is 0 Å². The van der Waals surface area contributed by atoms with E-state index in [2.05, 4.69) is 4.72 Å². The van der Waals surface area contributed by atoms with E-state index in [1.807, 2.05) is 0 Å². The Kier molecular flexibility index (Phi) is 4.63. The first-order valence-corrected chi connectivity index (χ1v) is 6.57. The second-order valence-corrected chi connectivity index (χ2v) is 5.40. The molecule has 0 bridgehead atoms. The number of benzene rings is 1. The summed E-state index contributed by atoms with van der Waals surface area (Å²) in [5.41, 5.74) is 4.51. The average molecular weight is 297 g/mol. The highest BCUT2D eigenvalue weighted by Crippen LogP contribution is 2.24. The minimum atomic E-state index is -4.01. The molecule has 6 nitrogen and oxygen atoms in total. The fourth-order valence-corrected chi connectivity index (χ4v) is 2.43. The van der Waals surface area contributed by atoms with Crippen molar-refractivity contribution in [2.75, 3.05) is 13.1 Å². The molecule has 0 aromatic heterocycles. The van der Waals surface area contributed by atoms with Crippen molar-refractivity contribution in [2.45, 2.75) is 4.90 Å². The lowest BCUT2D eigenvalue weighted by Gasteiger charge is -2.08. The van der Waals surface area contributed by atoms with Gasteiger partial charge >= 0.3 is 5.97 Å². The number of halogens is 2. The molecule has 0 unspecified atom stereocenters. The van der Waals surface area contributed by atoms with E-state index in [1.165, 1.54) is 0 Å². The van der Waals surface area contributed by atoms with Crippen LogP contribution in [-0.2, 0) is 10.0 Å². The van der Waals surface area contributed by atoms with Crippen LogP contribution in [0.5, 0.6) is 0 Å². The first-order valence-electron chi connectivity index (χ1n) is 4.71. The van der Waals surface area contributed by atoms with Crippen molar-refractivity contribution in [3.8, 4) is 0 Å². The van der Waals surface area contributed by atoms with Crippen molar-refractivity contribution in [1.29, 1.82) is 0 Å². The van der Waals surface area contributed by atoms with E-state index in [-0.39, 0.29) is 13.1 Å². The molecule has 0 heterocycles. The number of carboxylic acids is 1. The lowest BCUT2D eigenvalue weighted by atomic mass is 10.2. The van der Waals surface area contributed by atoms with E-state index in [1.54, 1.807) is 0 Å². The van der Waals surface area contributed by atoms with Crippen LogP contribution in [0.25, 0.3) is 0 Å². The molecule has 0 aliphatic rings. The zero-order valence-corrected chi connectivity index (χ0v) is 10.6. The van der Waals surface area contributed by atoms with Crippen molar-refractivity contribution in [1.82, 2.24) is 4.72 Å². The molecule has 0 spiro atoms. The highest BCUT2D eigenvalue weighted by atomic mass is 35.5. The van der Waals surface area contributed by atoms with Gasteiger partial charge in [0.1, 0.15) is 5.82 Å². The van der Waals surface area contributed by atoms with E-state index >= 15 is 0 Å². The third kappa shape index (κ3) is 3.16. The van der Waals surface area contributed by atoms with E-state index in [0.29, 0.717) is 6.07 Å². The molecular formula is C9H10ClFN2O4S. The minimum Gasteiger partial charge on any atom is -0.478 e. The van der Waals surface area contributed by atoms with Gasteiger partial charge in [-0.3, -0.25) is 0 Å². The fourth-order valence-electron chi connectivity index (χ4n) is 1.15. The summed E-state index contributed by atoms with van der Waals surface area (Å²) in [6.45, 7) is 0.00999. The Morgan fingerprint density at radius 1 is 1.50 bits per heavy atom. The Hall–Kier alpha value is -1.22. The second kappa shape index (κ2) is 5.61. The highest BCUT2D eigenvalue weighted by Gasteiger charge is 2.21. The van der Waals surface area contributed by atoms with Gasteiger partial charge < -0.3 is 10.8 Å². The van der Waals surface area contributed by atoms with Gasteiger partial charge in [-0.15, -0.1) is 0 Å². The van der Waals surface area contributed by atoms with Crippen molar-refractivity contribution >= 4 is 27.6 Å². The highest BCUT2D eigenvalue weighted by molar-refractivity contribution is 7.89. The third-order valence-corrected chi connectivity index (χ3v) is 3.80. The van der Waals surface area contributed by atoms with Crippen LogP contribution < -0.4 is 10.5 Å². The monoisotopic (exact) mass is 296 g/mol. The van der Waals surface area contributed by atoms with Crippen molar-refractivity contribution in [3.63, 3.8) is 0 Å². The van der Waals surface area contributed by atoms with Crippen LogP contribution >= 0.6 is 11.6 Å². The van der Waals surface area contributed by atoms with E-state index in [0.717, 1.165) is 6.07 Å². The van der Waals surface area contributed by atoms with Gasteiger partial charge in [0.25, 0.3) is 0 Å². The lowest BCUT2D eigenvalue weighted by Crippen LogP contribution is -2.29. The molecule has 0 atom stereocenters. The number of carboxylic acid groups (broad SMARTS) is 1. The molecule has 1 aromatic rings. The maximum Gasteiger partial charge on any atom is 0.337 e. The van der Waals surface area contributed by atoms with E-state index in [9.17, 15) is 17.6 Å². The third-order valence-electron chi connectivity index (χ3n) is 1.98. The number of hydrogen-bond acceptors (Lipinski definition) is 4. The maximum absolute atomic E-state index is 13.3. The summed E-state index contributed by atoms with van der Waals surface area (Å²) in [4.78, 5) is 10.3. The van der Waals surface area contributed by atoms with Gasteiger partial charge in [-0.05, 0) is 12.1 Å². The van der Waals surface area contributed by atoms with Crippen LogP contribution in [0.3, 0.4) is 0 Å². The predicted molar refractivity (Wildman–Crippen MR) is 62.6 cm³/mol. The van der Waals surface area contributed by atoms with Crippen LogP contribution in [-0.4, -0.2) is 32.6 Å². The molecule has 0 aliphatic carbocycles. The molecule has 9 heteroatoms. The zero-order chi connectivity index (χ0) is 13.9. The molecule has 0 fully saturated rings. The van der Waals surface area contributed by atoms with Crippen molar-refractivity contribution < 1.29 is 22.7 Å². The molecule has 0 amide bonds. The molecular weight excluding hydrogens is 287 g/mol. The quantitative estimate of drug-likeness (QED) is 0.729. The number of aromatic carboxylic acids is 1. The molecule has 0 aliphatic heterocycles. The van der Waals surface area contributed by atoms with Gasteiger partial charge in [-0.25, -0.2) is 22.3 Å². The van der Waals surface area contributed by atoms with Crippen LogP contribution in [0.2, 0.25) is 5.02 Å². The number of hydrogen-bond donors (Lipinski definition) is 3. The van der Waals surface area contributed by atoms with Crippen molar-refractivity contribution in [3.05, 3.63) is 28.5 Å². The summed E-state index contributed by atoms with van der Waals surface area (Å²) in [5.74, 6) is -2.64. The summed E-state index contributed by atoms with van der Waals surface area (Å²) >= 11 is 5.42. The smallest absolute Gasteiger partial charge is 0.337 e. The minimum absolute atomic E-state index is 0.0466. The topological polar surface area (TPSA) is 109 Å². The lowest BCUT2D eigenvalue weighted by molar-refractivity contribution is 0.0696. The number of sulfonamides is 1.